The Labute approximate surface area is 153 Å². The number of benzene rings is 2. The van der Waals surface area contributed by atoms with Crippen LogP contribution in [0.2, 0.25) is 0 Å². The minimum atomic E-state index is -0.196. The Morgan fingerprint density at radius 1 is 1.19 bits per heavy atom. The van der Waals surface area contributed by atoms with Gasteiger partial charge in [-0.05, 0) is 61.9 Å². The van der Waals surface area contributed by atoms with Crippen LogP contribution in [0.3, 0.4) is 0 Å². The number of fused-ring (bicyclic) bond motifs is 5. The standard InChI is InChI=1S/C22H24FNO2/c1-22(10-4-6-15-5-2-3-7-19(15)22)24-13-16-11-21(24)26-14-25-20-9-8-17(23)12-18(16)20/h2-3,5,7-9,12,16,21H,4,6,10-11,13-14H2,1H3/t16-,21?,22-/m1/s1. The summed E-state index contributed by atoms with van der Waals surface area (Å²) < 4.78 is 25.8. The summed E-state index contributed by atoms with van der Waals surface area (Å²) in [4.78, 5) is 2.50. The molecule has 1 unspecified atom stereocenters. The first-order chi connectivity index (χ1) is 12.6. The lowest BCUT2D eigenvalue weighted by Gasteiger charge is -2.45. The summed E-state index contributed by atoms with van der Waals surface area (Å²) in [7, 11) is 0. The molecule has 0 spiro atoms. The van der Waals surface area contributed by atoms with Crippen molar-refractivity contribution < 1.29 is 13.9 Å². The molecule has 5 rings (SSSR count). The first-order valence-electron chi connectivity index (χ1n) is 9.54. The van der Waals surface area contributed by atoms with E-state index in [0.717, 1.165) is 37.1 Å². The summed E-state index contributed by atoms with van der Waals surface area (Å²) in [6.07, 6.45) is 4.34. The Hall–Kier alpha value is -1.91. The lowest BCUT2D eigenvalue weighted by molar-refractivity contribution is -0.128. The molecule has 3 aliphatic rings. The Kier molecular flexibility index (Phi) is 3.80. The largest absolute Gasteiger partial charge is 0.467 e. The topological polar surface area (TPSA) is 21.7 Å². The number of ether oxygens (including phenoxy) is 2. The minimum Gasteiger partial charge on any atom is -0.467 e. The Morgan fingerprint density at radius 2 is 2.08 bits per heavy atom. The molecule has 26 heavy (non-hydrogen) atoms. The molecule has 2 heterocycles. The fourth-order valence-electron chi connectivity index (χ4n) is 5.17. The summed E-state index contributed by atoms with van der Waals surface area (Å²) in [5, 5.41) is 0. The van der Waals surface area contributed by atoms with Crippen LogP contribution in [0.5, 0.6) is 5.75 Å². The maximum Gasteiger partial charge on any atom is 0.190 e. The molecule has 1 aliphatic carbocycles. The molecule has 0 amide bonds. The van der Waals surface area contributed by atoms with Crippen LogP contribution in [0.25, 0.3) is 0 Å². The fourth-order valence-corrected chi connectivity index (χ4v) is 5.17. The fraction of sp³-hybridized carbons (Fsp3) is 0.455. The third-order valence-corrected chi connectivity index (χ3v) is 6.48. The molecule has 2 aliphatic heterocycles. The normalized spacial score (nSPS) is 30.7. The quantitative estimate of drug-likeness (QED) is 0.750. The van der Waals surface area contributed by atoms with Crippen LogP contribution >= 0.6 is 0 Å². The predicted molar refractivity (Wildman–Crippen MR) is 97.6 cm³/mol. The van der Waals surface area contributed by atoms with Gasteiger partial charge in [-0.15, -0.1) is 0 Å². The van der Waals surface area contributed by atoms with Gasteiger partial charge in [-0.3, -0.25) is 4.90 Å². The van der Waals surface area contributed by atoms with Gasteiger partial charge in [0, 0.05) is 23.6 Å². The first kappa shape index (κ1) is 16.3. The highest BCUT2D eigenvalue weighted by molar-refractivity contribution is 5.40. The van der Waals surface area contributed by atoms with Crippen LogP contribution in [0.1, 0.15) is 48.8 Å². The maximum absolute atomic E-state index is 13.9. The molecule has 0 N–H and O–H groups in total. The molecule has 0 aromatic heterocycles. The van der Waals surface area contributed by atoms with Gasteiger partial charge in [0.2, 0.25) is 0 Å². The zero-order chi connectivity index (χ0) is 17.7. The van der Waals surface area contributed by atoms with Gasteiger partial charge in [-0.1, -0.05) is 24.3 Å². The second-order valence-electron chi connectivity index (χ2n) is 7.94. The van der Waals surface area contributed by atoms with Crippen LogP contribution in [-0.2, 0) is 16.7 Å². The molecule has 4 heteroatoms. The number of aryl methyl sites for hydroxylation is 1. The maximum atomic E-state index is 13.9. The highest BCUT2D eigenvalue weighted by atomic mass is 19.1. The molecule has 136 valence electrons. The Bertz CT molecular complexity index is 839. The van der Waals surface area contributed by atoms with E-state index in [1.54, 1.807) is 12.1 Å². The lowest BCUT2D eigenvalue weighted by Crippen LogP contribution is -2.49. The minimum absolute atomic E-state index is 0.00701. The number of likely N-dealkylation sites (tertiary alicyclic amines) is 1. The predicted octanol–water partition coefficient (Wildman–Crippen LogP) is 4.56. The molecule has 1 fully saturated rings. The smallest absolute Gasteiger partial charge is 0.190 e. The van der Waals surface area contributed by atoms with E-state index >= 15 is 0 Å². The van der Waals surface area contributed by atoms with E-state index in [0.29, 0.717) is 0 Å². The summed E-state index contributed by atoms with van der Waals surface area (Å²) in [6.45, 7) is 3.43. The van der Waals surface area contributed by atoms with Crippen molar-refractivity contribution in [1.82, 2.24) is 4.90 Å². The van der Waals surface area contributed by atoms with Crippen molar-refractivity contribution in [1.29, 1.82) is 0 Å². The average Bonchev–Trinajstić information content (AvgIpc) is 3.09. The average molecular weight is 353 g/mol. The first-order valence-corrected chi connectivity index (χ1v) is 9.54. The molecule has 0 saturated carbocycles. The molecule has 1 saturated heterocycles. The molecular weight excluding hydrogens is 329 g/mol. The van der Waals surface area contributed by atoms with Crippen LogP contribution in [0, 0.1) is 5.82 Å². The number of rotatable bonds is 1. The Balaban J connectivity index is 1.55. The molecule has 0 radical (unpaired) electrons. The van der Waals surface area contributed by atoms with Crippen molar-refractivity contribution in [2.45, 2.75) is 50.3 Å². The van der Waals surface area contributed by atoms with Crippen LogP contribution in [0.4, 0.5) is 4.39 Å². The van der Waals surface area contributed by atoms with Gasteiger partial charge in [0.25, 0.3) is 0 Å². The van der Waals surface area contributed by atoms with E-state index < -0.39 is 0 Å². The van der Waals surface area contributed by atoms with Gasteiger partial charge in [0.1, 0.15) is 17.8 Å². The summed E-state index contributed by atoms with van der Waals surface area (Å²) in [5.74, 6) is 0.792. The molecule has 3 nitrogen and oxygen atoms in total. The molecule has 2 aromatic rings. The van der Waals surface area contributed by atoms with Crippen molar-refractivity contribution in [2.75, 3.05) is 13.3 Å². The van der Waals surface area contributed by atoms with Crippen molar-refractivity contribution in [3.8, 4) is 5.75 Å². The lowest BCUT2D eigenvalue weighted by atomic mass is 9.76. The number of nitrogens with zero attached hydrogens (tertiary/aromatic N) is 1. The van der Waals surface area contributed by atoms with E-state index in [1.165, 1.54) is 23.6 Å². The second-order valence-corrected chi connectivity index (χ2v) is 7.94. The van der Waals surface area contributed by atoms with Crippen molar-refractivity contribution in [3.05, 3.63) is 65.0 Å². The van der Waals surface area contributed by atoms with E-state index in [2.05, 4.69) is 36.1 Å². The second kappa shape index (κ2) is 6.07. The molecule has 2 aromatic carbocycles. The van der Waals surface area contributed by atoms with Gasteiger partial charge in [-0.2, -0.15) is 0 Å². The van der Waals surface area contributed by atoms with Crippen molar-refractivity contribution in [2.24, 2.45) is 0 Å². The van der Waals surface area contributed by atoms with E-state index in [4.69, 9.17) is 9.47 Å². The third-order valence-electron chi connectivity index (χ3n) is 6.48. The number of hydrogen-bond donors (Lipinski definition) is 0. The van der Waals surface area contributed by atoms with Crippen LogP contribution in [0.15, 0.2) is 42.5 Å². The highest BCUT2D eigenvalue weighted by Crippen LogP contribution is 2.48. The van der Waals surface area contributed by atoms with E-state index in [1.807, 2.05) is 0 Å². The summed E-state index contributed by atoms with van der Waals surface area (Å²) >= 11 is 0. The molecule has 2 bridgehead atoms. The summed E-state index contributed by atoms with van der Waals surface area (Å²) in [5.41, 5.74) is 3.79. The van der Waals surface area contributed by atoms with Crippen LogP contribution in [-0.4, -0.2) is 24.5 Å². The zero-order valence-corrected chi connectivity index (χ0v) is 15.1. The zero-order valence-electron chi connectivity index (χ0n) is 15.1. The van der Waals surface area contributed by atoms with Crippen molar-refractivity contribution in [3.63, 3.8) is 0 Å². The molecule has 3 atom stereocenters. The van der Waals surface area contributed by atoms with Gasteiger partial charge in [-0.25, -0.2) is 4.39 Å². The number of hydrogen-bond acceptors (Lipinski definition) is 3. The van der Waals surface area contributed by atoms with Gasteiger partial charge in [0.15, 0.2) is 6.79 Å². The van der Waals surface area contributed by atoms with Gasteiger partial charge < -0.3 is 9.47 Å². The van der Waals surface area contributed by atoms with Crippen molar-refractivity contribution >= 4 is 0 Å². The highest BCUT2D eigenvalue weighted by Gasteiger charge is 2.47. The monoisotopic (exact) mass is 353 g/mol. The van der Waals surface area contributed by atoms with E-state index in [9.17, 15) is 4.39 Å². The molecular formula is C22H24FNO2. The van der Waals surface area contributed by atoms with Crippen LogP contribution < -0.4 is 4.74 Å². The van der Waals surface area contributed by atoms with Gasteiger partial charge >= 0.3 is 0 Å². The number of halogens is 1. The SMILES string of the molecule is C[C@@]1(N2C[C@H]3CC2OCOc2ccc(F)cc23)CCCc2ccccc21. The summed E-state index contributed by atoms with van der Waals surface area (Å²) in [6, 6.07) is 13.6. The Morgan fingerprint density at radius 3 is 3.00 bits per heavy atom. The third kappa shape index (κ3) is 2.47. The van der Waals surface area contributed by atoms with E-state index in [-0.39, 0.29) is 30.3 Å². The van der Waals surface area contributed by atoms with Gasteiger partial charge in [0.05, 0.1) is 0 Å².